The van der Waals surface area contributed by atoms with E-state index in [0.29, 0.717) is 11.9 Å². The molecular formula is C11H14BrNO. The molecule has 1 amide bonds. The summed E-state index contributed by atoms with van der Waals surface area (Å²) in [5.41, 5.74) is 3.61. The molecule has 0 bridgehead atoms. The number of carbonyl (C=O) groups is 1. The number of nitrogens with one attached hydrogen (secondary N) is 1. The first-order valence-electron chi connectivity index (χ1n) is 4.52. The number of carbonyl (C=O) groups excluding carboxylic acids is 1. The Labute approximate surface area is 92.8 Å². The molecule has 76 valence electrons. The van der Waals surface area contributed by atoms with Crippen molar-refractivity contribution in [2.24, 2.45) is 0 Å². The molecule has 1 N–H and O–H groups in total. The second kappa shape index (κ2) is 5.15. The number of amides is 1. The minimum Gasteiger partial charge on any atom is -0.351 e. The van der Waals surface area contributed by atoms with Crippen LogP contribution in [0.5, 0.6) is 0 Å². The molecule has 1 aromatic rings. The van der Waals surface area contributed by atoms with Gasteiger partial charge >= 0.3 is 0 Å². The van der Waals surface area contributed by atoms with Gasteiger partial charge in [-0.3, -0.25) is 4.79 Å². The van der Waals surface area contributed by atoms with Gasteiger partial charge in [-0.15, -0.1) is 0 Å². The zero-order valence-corrected chi connectivity index (χ0v) is 10.0. The van der Waals surface area contributed by atoms with Crippen LogP contribution in [0.1, 0.15) is 16.7 Å². The van der Waals surface area contributed by atoms with E-state index in [0.717, 1.165) is 0 Å². The van der Waals surface area contributed by atoms with E-state index in [-0.39, 0.29) is 5.91 Å². The Bertz CT molecular complexity index is 336. The van der Waals surface area contributed by atoms with Crippen molar-refractivity contribution in [2.75, 3.05) is 5.33 Å². The number of hydrogen-bond donors (Lipinski definition) is 1. The normalized spacial score (nSPS) is 9.93. The highest BCUT2D eigenvalue weighted by Crippen LogP contribution is 2.09. The van der Waals surface area contributed by atoms with Crippen molar-refractivity contribution in [3.8, 4) is 0 Å². The van der Waals surface area contributed by atoms with Gasteiger partial charge < -0.3 is 5.32 Å². The fourth-order valence-electron chi connectivity index (χ4n) is 1.23. The van der Waals surface area contributed by atoms with E-state index in [4.69, 9.17) is 0 Å². The van der Waals surface area contributed by atoms with Crippen molar-refractivity contribution in [3.05, 3.63) is 34.9 Å². The first kappa shape index (κ1) is 11.2. The second-order valence-corrected chi connectivity index (χ2v) is 3.90. The first-order valence-corrected chi connectivity index (χ1v) is 5.64. The van der Waals surface area contributed by atoms with E-state index >= 15 is 0 Å². The molecule has 0 aliphatic carbocycles. The SMILES string of the molecule is Cc1ccc(C)c(CNC(=O)CBr)c1. The Morgan fingerprint density at radius 3 is 2.79 bits per heavy atom. The Morgan fingerprint density at radius 2 is 2.14 bits per heavy atom. The molecule has 0 spiro atoms. The Morgan fingerprint density at radius 1 is 1.43 bits per heavy atom. The molecule has 1 aromatic carbocycles. The molecule has 0 aliphatic rings. The van der Waals surface area contributed by atoms with E-state index in [1.54, 1.807) is 0 Å². The van der Waals surface area contributed by atoms with Gasteiger partial charge in [-0.2, -0.15) is 0 Å². The number of hydrogen-bond acceptors (Lipinski definition) is 1. The van der Waals surface area contributed by atoms with Gasteiger partial charge in [-0.05, 0) is 25.0 Å². The van der Waals surface area contributed by atoms with Crippen LogP contribution in [0.4, 0.5) is 0 Å². The van der Waals surface area contributed by atoms with Crippen molar-refractivity contribution in [3.63, 3.8) is 0 Å². The minimum atomic E-state index is 0.0194. The van der Waals surface area contributed by atoms with Crippen LogP contribution in [-0.2, 0) is 11.3 Å². The van der Waals surface area contributed by atoms with Gasteiger partial charge in [-0.1, -0.05) is 39.7 Å². The molecule has 0 radical (unpaired) electrons. The van der Waals surface area contributed by atoms with Crippen LogP contribution < -0.4 is 5.32 Å². The Hall–Kier alpha value is -0.830. The maximum absolute atomic E-state index is 11.0. The van der Waals surface area contributed by atoms with E-state index in [9.17, 15) is 4.79 Å². The molecule has 3 heteroatoms. The van der Waals surface area contributed by atoms with Crippen LogP contribution in [0.25, 0.3) is 0 Å². The standard InChI is InChI=1S/C11H14BrNO/c1-8-3-4-9(2)10(5-8)7-13-11(14)6-12/h3-5H,6-7H2,1-2H3,(H,13,14). The fraction of sp³-hybridized carbons (Fsp3) is 0.364. The third-order valence-corrected chi connectivity index (χ3v) is 2.61. The van der Waals surface area contributed by atoms with Crippen molar-refractivity contribution in [2.45, 2.75) is 20.4 Å². The lowest BCUT2D eigenvalue weighted by Crippen LogP contribution is -2.23. The molecule has 1 rings (SSSR count). The summed E-state index contributed by atoms with van der Waals surface area (Å²) in [6.45, 7) is 4.71. The minimum absolute atomic E-state index is 0.0194. The quantitative estimate of drug-likeness (QED) is 0.826. The number of benzene rings is 1. The van der Waals surface area contributed by atoms with Gasteiger partial charge in [0, 0.05) is 6.54 Å². The third kappa shape index (κ3) is 3.14. The summed E-state index contributed by atoms with van der Waals surface area (Å²) < 4.78 is 0. The van der Waals surface area contributed by atoms with Gasteiger partial charge in [0.2, 0.25) is 5.91 Å². The molecule has 0 fully saturated rings. The number of alkyl halides is 1. The molecule has 0 atom stereocenters. The highest BCUT2D eigenvalue weighted by molar-refractivity contribution is 9.09. The summed E-state index contributed by atoms with van der Waals surface area (Å²) >= 11 is 3.11. The average molecular weight is 256 g/mol. The van der Waals surface area contributed by atoms with Crippen LogP contribution in [-0.4, -0.2) is 11.2 Å². The van der Waals surface area contributed by atoms with Gasteiger partial charge in [0.25, 0.3) is 0 Å². The second-order valence-electron chi connectivity index (χ2n) is 3.34. The van der Waals surface area contributed by atoms with Gasteiger partial charge in [-0.25, -0.2) is 0 Å². The summed E-state index contributed by atoms with van der Waals surface area (Å²) in [6.07, 6.45) is 0. The molecule has 0 saturated heterocycles. The number of aryl methyl sites for hydroxylation is 2. The molecular weight excluding hydrogens is 242 g/mol. The highest BCUT2D eigenvalue weighted by atomic mass is 79.9. The lowest BCUT2D eigenvalue weighted by molar-refractivity contribution is -0.118. The first-order chi connectivity index (χ1) is 6.63. The van der Waals surface area contributed by atoms with Gasteiger partial charge in [0.05, 0.1) is 5.33 Å². The largest absolute Gasteiger partial charge is 0.351 e. The molecule has 0 saturated carbocycles. The van der Waals surface area contributed by atoms with Crippen LogP contribution in [0.2, 0.25) is 0 Å². The van der Waals surface area contributed by atoms with Crippen molar-refractivity contribution in [1.29, 1.82) is 0 Å². The van der Waals surface area contributed by atoms with Gasteiger partial charge in [0.1, 0.15) is 0 Å². The molecule has 0 aromatic heterocycles. The van der Waals surface area contributed by atoms with Crippen LogP contribution in [0.15, 0.2) is 18.2 Å². The summed E-state index contributed by atoms with van der Waals surface area (Å²) in [5.74, 6) is 0.0194. The molecule has 14 heavy (non-hydrogen) atoms. The zero-order valence-electron chi connectivity index (χ0n) is 8.43. The maximum Gasteiger partial charge on any atom is 0.230 e. The maximum atomic E-state index is 11.0. The summed E-state index contributed by atoms with van der Waals surface area (Å²) in [4.78, 5) is 11.0. The van der Waals surface area contributed by atoms with E-state index in [2.05, 4.69) is 53.3 Å². The Balaban J connectivity index is 2.66. The predicted octanol–water partition coefficient (Wildman–Crippen LogP) is 2.31. The fourth-order valence-corrected chi connectivity index (χ4v) is 1.43. The van der Waals surface area contributed by atoms with Crippen molar-refractivity contribution >= 4 is 21.8 Å². The highest BCUT2D eigenvalue weighted by Gasteiger charge is 2.01. The monoisotopic (exact) mass is 255 g/mol. The molecule has 0 aliphatic heterocycles. The topological polar surface area (TPSA) is 29.1 Å². The van der Waals surface area contributed by atoms with Crippen LogP contribution in [0.3, 0.4) is 0 Å². The van der Waals surface area contributed by atoms with E-state index in [1.165, 1.54) is 16.7 Å². The van der Waals surface area contributed by atoms with Crippen molar-refractivity contribution in [1.82, 2.24) is 5.32 Å². The van der Waals surface area contributed by atoms with Gasteiger partial charge in [0.15, 0.2) is 0 Å². The number of halogens is 1. The third-order valence-electron chi connectivity index (χ3n) is 2.10. The average Bonchev–Trinajstić information content (AvgIpc) is 2.19. The van der Waals surface area contributed by atoms with Crippen LogP contribution in [0, 0.1) is 13.8 Å². The molecule has 2 nitrogen and oxygen atoms in total. The smallest absolute Gasteiger partial charge is 0.230 e. The lowest BCUT2D eigenvalue weighted by Gasteiger charge is -2.07. The van der Waals surface area contributed by atoms with E-state index in [1.807, 2.05) is 0 Å². The summed E-state index contributed by atoms with van der Waals surface area (Å²) in [7, 11) is 0. The molecule has 0 unspecified atom stereocenters. The zero-order chi connectivity index (χ0) is 10.6. The Kier molecular flexibility index (Phi) is 4.14. The summed E-state index contributed by atoms with van der Waals surface area (Å²) in [5, 5.41) is 3.19. The predicted molar refractivity (Wildman–Crippen MR) is 61.6 cm³/mol. The van der Waals surface area contributed by atoms with Crippen LogP contribution >= 0.6 is 15.9 Å². The molecule has 0 heterocycles. The summed E-state index contributed by atoms with van der Waals surface area (Å²) in [6, 6.07) is 6.25. The van der Waals surface area contributed by atoms with E-state index < -0.39 is 0 Å². The number of rotatable bonds is 3. The van der Waals surface area contributed by atoms with Crippen molar-refractivity contribution < 1.29 is 4.79 Å². The lowest BCUT2D eigenvalue weighted by atomic mass is 10.1.